The summed E-state index contributed by atoms with van der Waals surface area (Å²) >= 11 is 5.79. The lowest BCUT2D eigenvalue weighted by Gasteiger charge is -2.17. The number of hydrogen-bond donors (Lipinski definition) is 0. The van der Waals surface area contributed by atoms with Gasteiger partial charge in [0, 0.05) is 25.1 Å². The SMILES string of the molecule is C=CC1CC(=O)N(c2ncc(C(F)(F)F)cc2Cl)C1. The summed E-state index contributed by atoms with van der Waals surface area (Å²) in [6, 6.07) is 0.776. The Hall–Kier alpha value is -1.56. The predicted molar refractivity (Wildman–Crippen MR) is 64.9 cm³/mol. The first kappa shape index (κ1) is 13.9. The molecule has 2 rings (SSSR count). The summed E-state index contributed by atoms with van der Waals surface area (Å²) in [6.07, 6.45) is -1.93. The van der Waals surface area contributed by atoms with E-state index in [2.05, 4.69) is 11.6 Å². The summed E-state index contributed by atoms with van der Waals surface area (Å²) in [5.74, 6) is -0.198. The number of carbonyl (C=O) groups is 1. The lowest BCUT2D eigenvalue weighted by atomic mass is 10.1. The zero-order chi connectivity index (χ0) is 14.2. The van der Waals surface area contributed by atoms with Crippen molar-refractivity contribution in [3.8, 4) is 0 Å². The zero-order valence-electron chi connectivity index (χ0n) is 9.75. The van der Waals surface area contributed by atoms with Crippen LogP contribution in [0.25, 0.3) is 0 Å². The second kappa shape index (κ2) is 4.85. The van der Waals surface area contributed by atoms with Crippen molar-refractivity contribution in [2.45, 2.75) is 12.6 Å². The Morgan fingerprint density at radius 1 is 1.53 bits per heavy atom. The van der Waals surface area contributed by atoms with E-state index in [0.717, 1.165) is 6.07 Å². The van der Waals surface area contributed by atoms with Crippen molar-refractivity contribution >= 4 is 23.3 Å². The molecule has 102 valence electrons. The average molecular weight is 291 g/mol. The summed E-state index contributed by atoms with van der Waals surface area (Å²) in [4.78, 5) is 16.7. The third-order valence-electron chi connectivity index (χ3n) is 2.89. The molecule has 19 heavy (non-hydrogen) atoms. The van der Waals surface area contributed by atoms with Crippen LogP contribution < -0.4 is 4.90 Å². The van der Waals surface area contributed by atoms with Crippen molar-refractivity contribution < 1.29 is 18.0 Å². The lowest BCUT2D eigenvalue weighted by molar-refractivity contribution is -0.137. The van der Waals surface area contributed by atoms with Crippen molar-refractivity contribution in [3.63, 3.8) is 0 Å². The topological polar surface area (TPSA) is 33.2 Å². The van der Waals surface area contributed by atoms with Crippen LogP contribution in [0, 0.1) is 5.92 Å². The number of aromatic nitrogens is 1. The quantitative estimate of drug-likeness (QED) is 0.783. The third kappa shape index (κ3) is 2.73. The number of amides is 1. The van der Waals surface area contributed by atoms with Crippen LogP contribution in [0.2, 0.25) is 5.02 Å². The first-order valence-corrected chi connectivity index (χ1v) is 5.86. The summed E-state index contributed by atoms with van der Waals surface area (Å²) in [5, 5.41) is -0.187. The maximum atomic E-state index is 12.5. The van der Waals surface area contributed by atoms with Gasteiger partial charge in [-0.1, -0.05) is 17.7 Å². The largest absolute Gasteiger partial charge is 0.417 e. The number of halogens is 4. The van der Waals surface area contributed by atoms with E-state index >= 15 is 0 Å². The van der Waals surface area contributed by atoms with Gasteiger partial charge in [0.1, 0.15) is 0 Å². The molecule has 7 heteroatoms. The van der Waals surface area contributed by atoms with E-state index in [1.807, 2.05) is 0 Å². The van der Waals surface area contributed by atoms with E-state index in [-0.39, 0.29) is 29.1 Å². The summed E-state index contributed by atoms with van der Waals surface area (Å²) < 4.78 is 37.4. The highest BCUT2D eigenvalue weighted by molar-refractivity contribution is 6.33. The number of anilines is 1. The highest BCUT2D eigenvalue weighted by atomic mass is 35.5. The summed E-state index contributed by atoms with van der Waals surface area (Å²) in [6.45, 7) is 3.93. The number of pyridine rings is 1. The first-order valence-electron chi connectivity index (χ1n) is 5.48. The average Bonchev–Trinajstić information content (AvgIpc) is 2.69. The van der Waals surface area contributed by atoms with Gasteiger partial charge in [-0.25, -0.2) is 4.98 Å². The second-order valence-corrected chi connectivity index (χ2v) is 4.64. The summed E-state index contributed by atoms with van der Waals surface area (Å²) in [7, 11) is 0. The van der Waals surface area contributed by atoms with E-state index in [4.69, 9.17) is 11.6 Å². The molecule has 1 aliphatic heterocycles. The zero-order valence-corrected chi connectivity index (χ0v) is 10.5. The molecule has 1 saturated heterocycles. The second-order valence-electron chi connectivity index (χ2n) is 4.23. The molecule has 0 aliphatic carbocycles. The van der Waals surface area contributed by atoms with Gasteiger partial charge in [-0.15, -0.1) is 6.58 Å². The minimum absolute atomic E-state index is 0.0346. The van der Waals surface area contributed by atoms with Crippen LogP contribution >= 0.6 is 11.6 Å². The molecule has 1 fully saturated rings. The monoisotopic (exact) mass is 290 g/mol. The van der Waals surface area contributed by atoms with Crippen molar-refractivity contribution in [3.05, 3.63) is 35.5 Å². The molecule has 2 heterocycles. The fourth-order valence-corrected chi connectivity index (χ4v) is 2.15. The molecule has 1 aromatic heterocycles. The predicted octanol–water partition coefficient (Wildman–Crippen LogP) is 3.29. The fraction of sp³-hybridized carbons (Fsp3) is 0.333. The van der Waals surface area contributed by atoms with Gasteiger partial charge in [-0.3, -0.25) is 9.69 Å². The normalized spacial score (nSPS) is 19.9. The molecule has 0 saturated carbocycles. The van der Waals surface area contributed by atoms with E-state index in [0.29, 0.717) is 12.7 Å². The molecule has 3 nitrogen and oxygen atoms in total. The highest BCUT2D eigenvalue weighted by Crippen LogP contribution is 2.35. The number of alkyl halides is 3. The summed E-state index contributed by atoms with van der Waals surface area (Å²) in [5.41, 5.74) is -0.937. The number of rotatable bonds is 2. The molecule has 0 aromatic carbocycles. The van der Waals surface area contributed by atoms with Crippen LogP contribution in [-0.4, -0.2) is 17.4 Å². The van der Waals surface area contributed by atoms with Crippen molar-refractivity contribution in [2.24, 2.45) is 5.92 Å². The maximum absolute atomic E-state index is 12.5. The van der Waals surface area contributed by atoms with Crippen LogP contribution in [0.4, 0.5) is 19.0 Å². The van der Waals surface area contributed by atoms with Crippen molar-refractivity contribution in [1.82, 2.24) is 4.98 Å². The van der Waals surface area contributed by atoms with Gasteiger partial charge < -0.3 is 0 Å². The van der Waals surface area contributed by atoms with Gasteiger partial charge in [0.25, 0.3) is 0 Å². The molecular formula is C12H10ClF3N2O. The minimum atomic E-state index is -4.51. The number of nitrogens with zero attached hydrogens (tertiary/aromatic N) is 2. The van der Waals surface area contributed by atoms with Crippen LogP contribution in [-0.2, 0) is 11.0 Å². The van der Waals surface area contributed by atoms with Gasteiger partial charge in [0.2, 0.25) is 5.91 Å². The Morgan fingerprint density at radius 3 is 2.68 bits per heavy atom. The molecule has 1 aliphatic rings. The molecule has 0 spiro atoms. The van der Waals surface area contributed by atoms with E-state index < -0.39 is 11.7 Å². The first-order chi connectivity index (χ1) is 8.82. The van der Waals surface area contributed by atoms with Crippen molar-refractivity contribution in [2.75, 3.05) is 11.4 Å². The van der Waals surface area contributed by atoms with Gasteiger partial charge >= 0.3 is 6.18 Å². The van der Waals surface area contributed by atoms with Gasteiger partial charge in [0.05, 0.1) is 10.6 Å². The molecule has 1 amide bonds. The smallest absolute Gasteiger partial charge is 0.295 e. The van der Waals surface area contributed by atoms with Crippen LogP contribution in [0.3, 0.4) is 0 Å². The van der Waals surface area contributed by atoms with E-state index in [9.17, 15) is 18.0 Å². The van der Waals surface area contributed by atoms with Gasteiger partial charge in [-0.05, 0) is 6.07 Å². The maximum Gasteiger partial charge on any atom is 0.417 e. The fourth-order valence-electron chi connectivity index (χ4n) is 1.88. The number of hydrogen-bond acceptors (Lipinski definition) is 2. The van der Waals surface area contributed by atoms with E-state index in [1.54, 1.807) is 6.08 Å². The Morgan fingerprint density at radius 2 is 2.21 bits per heavy atom. The molecular weight excluding hydrogens is 281 g/mol. The van der Waals surface area contributed by atoms with Crippen LogP contribution in [0.5, 0.6) is 0 Å². The Labute approximate surface area is 112 Å². The van der Waals surface area contributed by atoms with Gasteiger partial charge in [0.15, 0.2) is 5.82 Å². The Bertz CT molecular complexity index is 530. The molecule has 0 radical (unpaired) electrons. The van der Waals surface area contributed by atoms with Crippen LogP contribution in [0.15, 0.2) is 24.9 Å². The molecule has 1 atom stereocenters. The number of carbonyl (C=O) groups excluding carboxylic acids is 1. The molecule has 1 unspecified atom stereocenters. The Balaban J connectivity index is 2.32. The van der Waals surface area contributed by atoms with Gasteiger partial charge in [-0.2, -0.15) is 13.2 Å². The highest BCUT2D eigenvalue weighted by Gasteiger charge is 2.34. The minimum Gasteiger partial charge on any atom is -0.295 e. The molecule has 1 aromatic rings. The lowest BCUT2D eigenvalue weighted by Crippen LogP contribution is -2.26. The Kier molecular flexibility index (Phi) is 3.54. The standard InChI is InChI=1S/C12H10ClF3N2O/c1-2-7-3-10(19)18(6-7)11-9(13)4-8(5-17-11)12(14,15)16/h2,4-5,7H,1,3,6H2. The molecule has 0 bridgehead atoms. The van der Waals surface area contributed by atoms with E-state index in [1.165, 1.54) is 4.90 Å². The third-order valence-corrected chi connectivity index (χ3v) is 3.17. The molecule has 0 N–H and O–H groups in total. The van der Waals surface area contributed by atoms with Crippen molar-refractivity contribution in [1.29, 1.82) is 0 Å². The van der Waals surface area contributed by atoms with Crippen LogP contribution in [0.1, 0.15) is 12.0 Å².